The third-order valence-electron chi connectivity index (χ3n) is 7.61. The average Bonchev–Trinajstić information content (AvgIpc) is 2.73. The number of esters is 2. The molecule has 6 atom stereocenters. The van der Waals surface area contributed by atoms with E-state index in [2.05, 4.69) is 27.4 Å². The van der Waals surface area contributed by atoms with Crippen LogP contribution in [0.2, 0.25) is 0 Å². The van der Waals surface area contributed by atoms with E-state index in [4.69, 9.17) is 9.47 Å². The molecule has 0 unspecified atom stereocenters. The van der Waals surface area contributed by atoms with Gasteiger partial charge in [-0.3, -0.25) is 9.59 Å². The van der Waals surface area contributed by atoms with E-state index in [1.54, 1.807) is 0 Å². The van der Waals surface area contributed by atoms with E-state index in [-0.39, 0.29) is 46.3 Å². The summed E-state index contributed by atoms with van der Waals surface area (Å²) in [7, 11) is 0. The van der Waals surface area contributed by atoms with Crippen molar-refractivity contribution in [3.05, 3.63) is 12.2 Å². The molecule has 0 amide bonds. The van der Waals surface area contributed by atoms with Crippen LogP contribution in [0.15, 0.2) is 12.2 Å². The van der Waals surface area contributed by atoms with Gasteiger partial charge in [-0.2, -0.15) is 0 Å². The highest BCUT2D eigenvalue weighted by Gasteiger charge is 2.77. The van der Waals surface area contributed by atoms with Crippen LogP contribution in [0.1, 0.15) is 60.3 Å². The summed E-state index contributed by atoms with van der Waals surface area (Å²) in [6.45, 7) is 14.0. The van der Waals surface area contributed by atoms with Crippen LogP contribution in [-0.4, -0.2) is 24.1 Å². The molecule has 23 heavy (non-hydrogen) atoms. The Labute approximate surface area is 138 Å². The van der Waals surface area contributed by atoms with Crippen LogP contribution in [0.3, 0.4) is 0 Å². The second kappa shape index (κ2) is 4.84. The van der Waals surface area contributed by atoms with E-state index in [0.717, 1.165) is 31.3 Å². The molecule has 2 bridgehead atoms. The van der Waals surface area contributed by atoms with Gasteiger partial charge in [-0.25, -0.2) is 0 Å². The smallest absolute Gasteiger partial charge is 0.302 e. The molecular weight excluding hydrogens is 292 g/mol. The van der Waals surface area contributed by atoms with Gasteiger partial charge < -0.3 is 9.47 Å². The molecular formula is C19H28O4. The van der Waals surface area contributed by atoms with E-state index < -0.39 is 0 Å². The van der Waals surface area contributed by atoms with E-state index in [0.29, 0.717) is 0 Å². The van der Waals surface area contributed by atoms with E-state index >= 15 is 0 Å². The predicted octanol–water partition coefficient (Wildman–Crippen LogP) is 3.64. The summed E-state index contributed by atoms with van der Waals surface area (Å²) >= 11 is 0. The summed E-state index contributed by atoms with van der Waals surface area (Å²) in [4.78, 5) is 23.3. The fourth-order valence-corrected chi connectivity index (χ4v) is 6.18. The van der Waals surface area contributed by atoms with Crippen molar-refractivity contribution < 1.29 is 19.1 Å². The van der Waals surface area contributed by atoms with E-state index in [1.165, 1.54) is 13.8 Å². The number of ether oxygens (including phenoxy) is 2. The van der Waals surface area contributed by atoms with Crippen molar-refractivity contribution in [3.63, 3.8) is 0 Å². The molecule has 3 fully saturated rings. The van der Waals surface area contributed by atoms with Crippen molar-refractivity contribution in [2.75, 3.05) is 0 Å². The van der Waals surface area contributed by atoms with Gasteiger partial charge in [-0.05, 0) is 31.1 Å². The molecule has 0 N–H and O–H groups in total. The third-order valence-corrected chi connectivity index (χ3v) is 7.61. The first kappa shape index (κ1) is 16.5. The minimum Gasteiger partial charge on any atom is -0.462 e. The molecule has 0 radical (unpaired) electrons. The minimum atomic E-state index is -0.239. The summed E-state index contributed by atoms with van der Waals surface area (Å²) in [6, 6.07) is 0. The van der Waals surface area contributed by atoms with Crippen molar-refractivity contribution in [1.29, 1.82) is 0 Å². The highest BCUT2D eigenvalue weighted by Crippen LogP contribution is 2.77. The van der Waals surface area contributed by atoms with Crippen LogP contribution < -0.4 is 0 Å². The summed E-state index contributed by atoms with van der Waals surface area (Å²) in [5, 5.41) is 0. The number of fused-ring (bicyclic) bond motifs is 5. The van der Waals surface area contributed by atoms with Gasteiger partial charge >= 0.3 is 11.9 Å². The zero-order chi connectivity index (χ0) is 17.2. The van der Waals surface area contributed by atoms with Gasteiger partial charge in [-0.15, -0.1) is 0 Å². The van der Waals surface area contributed by atoms with Crippen molar-refractivity contribution in [2.24, 2.45) is 22.2 Å². The van der Waals surface area contributed by atoms with Crippen molar-refractivity contribution in [3.8, 4) is 0 Å². The molecule has 0 aliphatic heterocycles. The lowest BCUT2D eigenvalue weighted by Crippen LogP contribution is -2.45. The third kappa shape index (κ3) is 1.84. The summed E-state index contributed by atoms with van der Waals surface area (Å²) < 4.78 is 11.6. The molecule has 3 aliphatic carbocycles. The molecule has 3 saturated carbocycles. The molecule has 4 nitrogen and oxygen atoms in total. The standard InChI is InChI=1S/C19H28O4/c1-11-7-9-17(4)16(23-13(3)21)15(11)19(6)14(22-12(2)20)8-10-18(17,19)5/h14-16H,1,7-10H2,2-6H3/t14-,15-,16-,17+,18+,19-/m0/s1. The zero-order valence-electron chi connectivity index (χ0n) is 14.9. The van der Waals surface area contributed by atoms with Crippen LogP contribution in [0.5, 0.6) is 0 Å². The molecule has 0 aromatic heterocycles. The largest absolute Gasteiger partial charge is 0.462 e. The molecule has 0 saturated heterocycles. The van der Waals surface area contributed by atoms with Crippen LogP contribution in [0, 0.1) is 22.2 Å². The van der Waals surface area contributed by atoms with Gasteiger partial charge in [0, 0.05) is 30.6 Å². The lowest BCUT2D eigenvalue weighted by molar-refractivity contribution is -0.160. The molecule has 3 rings (SSSR count). The quantitative estimate of drug-likeness (QED) is 0.576. The number of hydrogen-bond acceptors (Lipinski definition) is 4. The van der Waals surface area contributed by atoms with Crippen molar-refractivity contribution in [2.45, 2.75) is 72.5 Å². The lowest BCUT2D eigenvalue weighted by Gasteiger charge is -2.46. The summed E-state index contributed by atoms with van der Waals surface area (Å²) in [6.07, 6.45) is 3.48. The predicted molar refractivity (Wildman–Crippen MR) is 86.5 cm³/mol. The highest BCUT2D eigenvalue weighted by atomic mass is 16.6. The number of hydrogen-bond donors (Lipinski definition) is 0. The fraction of sp³-hybridized carbons (Fsp3) is 0.789. The number of carbonyl (C=O) groups is 2. The maximum absolute atomic E-state index is 11.7. The van der Waals surface area contributed by atoms with Gasteiger partial charge in [0.1, 0.15) is 12.2 Å². The molecule has 3 aliphatic rings. The highest BCUT2D eigenvalue weighted by molar-refractivity contribution is 5.67. The van der Waals surface area contributed by atoms with Gasteiger partial charge in [-0.1, -0.05) is 32.9 Å². The molecule has 0 aromatic rings. The summed E-state index contributed by atoms with van der Waals surface area (Å²) in [5.74, 6) is -0.416. The maximum Gasteiger partial charge on any atom is 0.302 e. The lowest BCUT2D eigenvalue weighted by atomic mass is 9.58. The Hall–Kier alpha value is -1.32. The van der Waals surface area contributed by atoms with Crippen LogP contribution in [-0.2, 0) is 19.1 Å². The SMILES string of the molecule is C=C1CC[C@]2(C)[C@@H](OC(C)=O)[C@H]1[C@]1(C)[C@@H](OC(C)=O)CC[C@@]12C. The molecule has 0 spiro atoms. The first-order valence-corrected chi connectivity index (χ1v) is 8.60. The Morgan fingerprint density at radius 3 is 2.26 bits per heavy atom. The number of carbonyl (C=O) groups excluding carboxylic acids is 2. The van der Waals surface area contributed by atoms with Gasteiger partial charge in [0.15, 0.2) is 0 Å². The topological polar surface area (TPSA) is 52.6 Å². The Balaban J connectivity index is 2.13. The van der Waals surface area contributed by atoms with Crippen LogP contribution in [0.4, 0.5) is 0 Å². The average molecular weight is 320 g/mol. The van der Waals surface area contributed by atoms with E-state index in [1.807, 2.05) is 0 Å². The van der Waals surface area contributed by atoms with E-state index in [9.17, 15) is 9.59 Å². The first-order chi connectivity index (χ1) is 10.6. The Bertz CT molecular complexity index is 582. The Kier molecular flexibility index (Phi) is 3.48. The number of rotatable bonds is 2. The first-order valence-electron chi connectivity index (χ1n) is 8.60. The maximum atomic E-state index is 11.7. The Morgan fingerprint density at radius 1 is 1.09 bits per heavy atom. The van der Waals surface area contributed by atoms with Crippen LogP contribution >= 0.6 is 0 Å². The normalized spacial score (nSPS) is 48.0. The molecule has 0 heterocycles. The zero-order valence-corrected chi connectivity index (χ0v) is 14.9. The van der Waals surface area contributed by atoms with Crippen molar-refractivity contribution >= 4 is 11.9 Å². The monoisotopic (exact) mass is 320 g/mol. The summed E-state index contributed by atoms with van der Waals surface area (Å²) in [5.41, 5.74) is 0.763. The Morgan fingerprint density at radius 2 is 1.70 bits per heavy atom. The van der Waals surface area contributed by atoms with Gasteiger partial charge in [0.05, 0.1) is 0 Å². The van der Waals surface area contributed by atoms with Crippen molar-refractivity contribution in [1.82, 2.24) is 0 Å². The fourth-order valence-electron chi connectivity index (χ4n) is 6.18. The minimum absolute atomic E-state index is 0.0374. The molecule has 0 aromatic carbocycles. The second-order valence-electron chi connectivity index (χ2n) is 8.33. The van der Waals surface area contributed by atoms with Crippen LogP contribution in [0.25, 0.3) is 0 Å². The van der Waals surface area contributed by atoms with Gasteiger partial charge in [0.2, 0.25) is 0 Å². The molecule has 4 heteroatoms. The molecule has 128 valence electrons. The van der Waals surface area contributed by atoms with Gasteiger partial charge in [0.25, 0.3) is 0 Å². The second-order valence-corrected chi connectivity index (χ2v) is 8.33.